The number of nitrogens with zero attached hydrogens (tertiary/aromatic N) is 8. The van der Waals surface area contributed by atoms with Crippen LogP contribution < -0.4 is 5.32 Å². The van der Waals surface area contributed by atoms with Crippen molar-refractivity contribution in [1.82, 2.24) is 45.0 Å². The molecule has 0 atom stereocenters. The molecule has 5 fully saturated rings. The van der Waals surface area contributed by atoms with Gasteiger partial charge >= 0.3 is 12.2 Å². The number of amides is 9. The normalized spacial score (nSPS) is 16.9. The lowest BCUT2D eigenvalue weighted by Crippen LogP contribution is -2.50. The molecule has 4 aromatic carbocycles. The number of hydrogen-bond donors (Lipinski definition) is 1. The number of rotatable bonds is 11. The first-order chi connectivity index (χ1) is 36.5. The molecule has 1 N–H and O–H groups in total. The van der Waals surface area contributed by atoms with E-state index in [1.54, 1.807) is 23.9 Å². The Balaban J connectivity index is 0.000000175. The van der Waals surface area contributed by atoms with E-state index in [0.717, 1.165) is 71.7 Å². The van der Waals surface area contributed by atoms with E-state index >= 15 is 0 Å². The van der Waals surface area contributed by atoms with E-state index in [1.165, 1.54) is 4.90 Å². The Morgan fingerprint density at radius 1 is 0.447 bits per heavy atom. The molecule has 4 aromatic rings. The average molecular weight is 1040 g/mol. The highest BCUT2D eigenvalue weighted by Gasteiger charge is 2.38. The van der Waals surface area contributed by atoms with E-state index < -0.39 is 47.7 Å². The third kappa shape index (κ3) is 14.3. The van der Waals surface area contributed by atoms with Gasteiger partial charge in [-0.3, -0.25) is 57.8 Å². The number of piperazine rings is 2. The monoisotopic (exact) mass is 1040 g/mol. The predicted octanol–water partition coefficient (Wildman–Crippen LogP) is 4.10. The highest BCUT2D eigenvalue weighted by Crippen LogP contribution is 2.27. The predicted molar refractivity (Wildman–Crippen MR) is 272 cm³/mol. The lowest BCUT2D eigenvalue weighted by Gasteiger charge is -2.34. The summed E-state index contributed by atoms with van der Waals surface area (Å²) in [5.74, 6) is -3.71. The van der Waals surface area contributed by atoms with Crippen LogP contribution in [0.3, 0.4) is 0 Å². The van der Waals surface area contributed by atoms with Gasteiger partial charge < -0.3 is 24.9 Å². The summed E-state index contributed by atoms with van der Waals surface area (Å²) in [6.07, 6.45) is -2.29. The SMILES string of the molecule is CN(C)C(=O)c1cc(-c2ccccc2)ccc1CN1CCN(C(=O)ON2C(=O)CCC2=O)CC1.CN(C)C(=O)c1cc(-c2ccccc2)ccc1CN1CCNCC1.O=C(ON1C(=O)CCC1=O)ON1C(=O)CCC1=O. The topological polar surface area (TPSA) is 236 Å². The molecule has 0 bridgehead atoms. The van der Waals surface area contributed by atoms with E-state index in [2.05, 4.69) is 49.1 Å². The molecule has 0 radical (unpaired) electrons. The van der Waals surface area contributed by atoms with Crippen molar-refractivity contribution in [1.29, 1.82) is 0 Å². The van der Waals surface area contributed by atoms with Crippen LogP contribution in [-0.4, -0.2) is 180 Å². The Morgan fingerprint density at radius 3 is 1.17 bits per heavy atom. The summed E-state index contributed by atoms with van der Waals surface area (Å²) in [6, 6.07) is 32.4. The van der Waals surface area contributed by atoms with E-state index in [9.17, 15) is 47.9 Å². The van der Waals surface area contributed by atoms with Crippen LogP contribution in [0.5, 0.6) is 0 Å². The molecular formula is C54H61N9O13. The van der Waals surface area contributed by atoms with Crippen molar-refractivity contribution in [2.24, 2.45) is 0 Å². The molecule has 5 aliphatic rings. The molecular weight excluding hydrogens is 983 g/mol. The lowest BCUT2D eigenvalue weighted by atomic mass is 9.98. The second-order valence-electron chi connectivity index (χ2n) is 18.7. The van der Waals surface area contributed by atoms with Crippen molar-refractivity contribution in [3.8, 4) is 22.3 Å². The Hall–Kier alpha value is -8.34. The summed E-state index contributed by atoms with van der Waals surface area (Å²) in [4.78, 5) is 140. The van der Waals surface area contributed by atoms with Gasteiger partial charge in [-0.15, -0.1) is 5.06 Å². The number of benzene rings is 4. The summed E-state index contributed by atoms with van der Waals surface area (Å²) in [5, 5.41) is 4.46. The van der Waals surface area contributed by atoms with Gasteiger partial charge in [0.05, 0.1) is 0 Å². The molecule has 0 unspecified atom stereocenters. The number of hydrogen-bond acceptors (Lipinski definition) is 16. The minimum Gasteiger partial charge on any atom is -0.345 e. The first-order valence-corrected chi connectivity index (χ1v) is 24.9. The number of carbonyl (C=O) groups excluding carboxylic acids is 10. The van der Waals surface area contributed by atoms with Crippen molar-refractivity contribution < 1.29 is 62.5 Å². The number of hydroxylamine groups is 6. The van der Waals surface area contributed by atoms with E-state index in [1.807, 2.05) is 86.9 Å². The first-order valence-electron chi connectivity index (χ1n) is 24.9. The largest absolute Gasteiger partial charge is 0.560 e. The van der Waals surface area contributed by atoms with Gasteiger partial charge in [-0.05, 0) is 45.5 Å². The van der Waals surface area contributed by atoms with Crippen LogP contribution in [0.4, 0.5) is 9.59 Å². The number of nitrogens with one attached hydrogen (secondary N) is 1. The molecule has 5 heterocycles. The van der Waals surface area contributed by atoms with Gasteiger partial charge in [0.25, 0.3) is 47.3 Å². The van der Waals surface area contributed by atoms with E-state index in [-0.39, 0.29) is 60.5 Å². The van der Waals surface area contributed by atoms with Gasteiger partial charge in [-0.1, -0.05) is 95.1 Å². The van der Waals surface area contributed by atoms with Crippen molar-refractivity contribution in [3.63, 3.8) is 0 Å². The molecule has 9 rings (SSSR count). The van der Waals surface area contributed by atoms with Gasteiger partial charge in [-0.25, -0.2) is 4.79 Å². The van der Waals surface area contributed by atoms with Crippen molar-refractivity contribution >= 4 is 59.5 Å². The molecule has 0 spiro atoms. The fraction of sp³-hybridized carbons (Fsp3) is 0.370. The van der Waals surface area contributed by atoms with Gasteiger partial charge in [0.2, 0.25) is 0 Å². The summed E-state index contributed by atoms with van der Waals surface area (Å²) in [5.41, 5.74) is 7.73. The maximum atomic E-state index is 12.9. The molecule has 5 aliphatic heterocycles. The average Bonchev–Trinajstić information content (AvgIpc) is 4.05. The number of imide groups is 3. The third-order valence-electron chi connectivity index (χ3n) is 12.9. The molecule has 9 amide bonds. The Labute approximate surface area is 439 Å². The maximum absolute atomic E-state index is 12.9. The Bertz CT molecular complexity index is 2740. The van der Waals surface area contributed by atoms with Crippen molar-refractivity contribution in [2.75, 3.05) is 80.5 Å². The van der Waals surface area contributed by atoms with Crippen LogP contribution in [0.25, 0.3) is 22.3 Å². The van der Waals surface area contributed by atoms with Crippen LogP contribution in [0.15, 0.2) is 97.1 Å². The van der Waals surface area contributed by atoms with Crippen LogP contribution in [-0.2, 0) is 56.4 Å². The summed E-state index contributed by atoms with van der Waals surface area (Å²) in [7, 11) is 7.10. The summed E-state index contributed by atoms with van der Waals surface area (Å²) in [6.45, 7) is 7.41. The van der Waals surface area contributed by atoms with Crippen LogP contribution in [0.1, 0.15) is 70.4 Å². The van der Waals surface area contributed by atoms with Crippen molar-refractivity contribution in [2.45, 2.75) is 51.6 Å². The zero-order chi connectivity index (χ0) is 54.5. The van der Waals surface area contributed by atoms with Crippen LogP contribution in [0.2, 0.25) is 0 Å². The zero-order valence-electron chi connectivity index (χ0n) is 42.9. The summed E-state index contributed by atoms with van der Waals surface area (Å²) >= 11 is 0. The lowest BCUT2D eigenvalue weighted by molar-refractivity contribution is -0.198. The summed E-state index contributed by atoms with van der Waals surface area (Å²) < 4.78 is 0. The molecule has 76 heavy (non-hydrogen) atoms. The number of carbonyl (C=O) groups is 10. The highest BCUT2D eigenvalue weighted by atomic mass is 16.9. The van der Waals surface area contributed by atoms with Gasteiger partial charge in [0, 0.05) is 143 Å². The molecule has 5 saturated heterocycles. The third-order valence-corrected chi connectivity index (χ3v) is 12.9. The molecule has 22 nitrogen and oxygen atoms in total. The minimum absolute atomic E-state index is 0.0602. The minimum atomic E-state index is -1.48. The van der Waals surface area contributed by atoms with Gasteiger partial charge in [-0.2, -0.15) is 4.79 Å². The molecule has 0 aliphatic carbocycles. The molecule has 22 heteroatoms. The standard InChI is InChI=1S/C25H28N4O5.C20H25N3O.C9H8N2O7/c1-26(2)24(32)21-16-19(18-6-4-3-5-7-18)8-9-20(21)17-27-12-14-28(15-13-27)25(33)34-29-22(30)10-11-23(29)31;1-22(2)20(24)19-14-17(16-6-4-3-5-7-16)8-9-18(19)15-23-12-10-21-11-13-23;12-5-1-2-6(13)10(5)17-9(16)18-11-7(14)3-4-8(11)15/h3-9,16H,10-15,17H2,1-2H3;3-9,14,21H,10-13,15H2,1-2H3;1-4H2. The maximum Gasteiger partial charge on any atom is 0.560 e. The molecule has 0 saturated carbocycles. The van der Waals surface area contributed by atoms with Gasteiger partial charge in [0.15, 0.2) is 0 Å². The second kappa shape index (κ2) is 25.7. The zero-order valence-corrected chi connectivity index (χ0v) is 42.9. The van der Waals surface area contributed by atoms with Crippen LogP contribution in [0, 0.1) is 0 Å². The van der Waals surface area contributed by atoms with E-state index in [0.29, 0.717) is 43.4 Å². The Kier molecular flexibility index (Phi) is 18.8. The highest BCUT2D eigenvalue weighted by molar-refractivity contribution is 6.03. The Morgan fingerprint density at radius 2 is 0.803 bits per heavy atom. The molecule has 0 aromatic heterocycles. The quantitative estimate of drug-likeness (QED) is 0.208. The van der Waals surface area contributed by atoms with Gasteiger partial charge in [0.1, 0.15) is 0 Å². The fourth-order valence-corrected chi connectivity index (χ4v) is 8.64. The smallest absolute Gasteiger partial charge is 0.345 e. The fourth-order valence-electron chi connectivity index (χ4n) is 8.64. The second-order valence-corrected chi connectivity index (χ2v) is 18.7. The first kappa shape index (κ1) is 55.4. The van der Waals surface area contributed by atoms with E-state index in [4.69, 9.17) is 4.84 Å². The molecule has 400 valence electrons. The van der Waals surface area contributed by atoms with Crippen molar-refractivity contribution in [3.05, 3.63) is 119 Å². The van der Waals surface area contributed by atoms with Crippen LogP contribution >= 0.6 is 0 Å².